The van der Waals surface area contributed by atoms with E-state index in [-0.39, 0.29) is 18.1 Å². The summed E-state index contributed by atoms with van der Waals surface area (Å²) in [5.74, 6) is -2.16. The van der Waals surface area contributed by atoms with Gasteiger partial charge in [0.2, 0.25) is 0 Å². The lowest BCUT2D eigenvalue weighted by Gasteiger charge is -2.17. The van der Waals surface area contributed by atoms with E-state index in [1.165, 1.54) is 6.07 Å². The van der Waals surface area contributed by atoms with Gasteiger partial charge in [0.1, 0.15) is 5.82 Å². The Morgan fingerprint density at radius 1 is 1.48 bits per heavy atom. The molecule has 126 valence electrons. The predicted octanol–water partition coefficient (Wildman–Crippen LogP) is 1.83. The van der Waals surface area contributed by atoms with Gasteiger partial charge in [0.05, 0.1) is 5.92 Å². The first-order valence-electron chi connectivity index (χ1n) is 8.01. The Hall–Kier alpha value is -1.44. The number of carbonyl (C=O) groups is 1. The second-order valence-electron chi connectivity index (χ2n) is 6.28. The zero-order valence-corrected chi connectivity index (χ0v) is 13.2. The van der Waals surface area contributed by atoms with E-state index < -0.39 is 25.0 Å². The number of carboxylic acids is 1. The molecular weight excluding hydrogens is 300 g/mol. The van der Waals surface area contributed by atoms with Crippen molar-refractivity contribution in [1.82, 2.24) is 0 Å². The zero-order chi connectivity index (χ0) is 17.1. The number of rotatable bonds is 7. The fourth-order valence-corrected chi connectivity index (χ4v) is 3.44. The van der Waals surface area contributed by atoms with E-state index in [4.69, 9.17) is 15.8 Å². The van der Waals surface area contributed by atoms with Gasteiger partial charge in [-0.3, -0.25) is 4.79 Å². The summed E-state index contributed by atoms with van der Waals surface area (Å²) in [6.45, 7) is 1.86. The average molecular weight is 323 g/mol. The molecular formula is C16H23BFNO4. The molecule has 0 amide bonds. The van der Waals surface area contributed by atoms with Gasteiger partial charge in [0, 0.05) is 11.6 Å². The third-order valence-corrected chi connectivity index (χ3v) is 4.69. The maximum absolute atomic E-state index is 14.2. The van der Waals surface area contributed by atoms with Gasteiger partial charge in [-0.05, 0) is 48.7 Å². The third-order valence-electron chi connectivity index (χ3n) is 4.69. The lowest BCUT2D eigenvalue weighted by atomic mass is 9.80. The molecule has 5 nitrogen and oxygen atoms in total. The monoisotopic (exact) mass is 323 g/mol. The Balaban J connectivity index is 2.27. The van der Waals surface area contributed by atoms with Crippen molar-refractivity contribution in [2.75, 3.05) is 0 Å². The summed E-state index contributed by atoms with van der Waals surface area (Å²) < 4.78 is 14.2. The topological polar surface area (TPSA) is 104 Å². The number of carboxylic acid groups (broad SMARTS) is 1. The van der Waals surface area contributed by atoms with Crippen LogP contribution in [-0.4, -0.2) is 28.2 Å². The maximum atomic E-state index is 14.2. The van der Waals surface area contributed by atoms with Gasteiger partial charge in [-0.15, -0.1) is 0 Å². The number of fused-ring (bicyclic) bond motifs is 1. The standard InChI is InChI=1S/C16H23BFNO4/c1-2-14(19)12-8-11-10(7-13(12)18)6-9(15(11)16(20)21)4-3-5-17(22)23/h7-9,14-15,22-23H,2-6,19H2,1H3,(H,20,21)/t9-,14+,15-/m0/s1. The lowest BCUT2D eigenvalue weighted by molar-refractivity contribution is -0.139. The highest BCUT2D eigenvalue weighted by atomic mass is 19.1. The van der Waals surface area contributed by atoms with Crippen molar-refractivity contribution in [2.24, 2.45) is 11.7 Å². The molecule has 1 aliphatic rings. The molecule has 1 aromatic rings. The predicted molar refractivity (Wildman–Crippen MR) is 85.4 cm³/mol. The van der Waals surface area contributed by atoms with Crippen molar-refractivity contribution >= 4 is 13.1 Å². The van der Waals surface area contributed by atoms with Gasteiger partial charge in [-0.2, -0.15) is 0 Å². The Morgan fingerprint density at radius 2 is 2.17 bits per heavy atom. The summed E-state index contributed by atoms with van der Waals surface area (Å²) >= 11 is 0. The Labute approximate surface area is 135 Å². The minimum atomic E-state index is -1.38. The van der Waals surface area contributed by atoms with Crippen LogP contribution >= 0.6 is 0 Å². The van der Waals surface area contributed by atoms with Gasteiger partial charge in [-0.25, -0.2) is 4.39 Å². The Kier molecular flexibility index (Phi) is 5.78. The van der Waals surface area contributed by atoms with Crippen LogP contribution in [0, 0.1) is 11.7 Å². The normalized spacial score (nSPS) is 21.1. The van der Waals surface area contributed by atoms with Gasteiger partial charge >= 0.3 is 13.1 Å². The second-order valence-corrected chi connectivity index (χ2v) is 6.28. The minimum Gasteiger partial charge on any atom is -0.481 e. The Bertz CT molecular complexity index is 581. The van der Waals surface area contributed by atoms with Crippen molar-refractivity contribution in [3.05, 3.63) is 34.6 Å². The molecule has 0 bridgehead atoms. The van der Waals surface area contributed by atoms with Crippen LogP contribution in [0.4, 0.5) is 4.39 Å². The molecule has 2 rings (SSSR count). The average Bonchev–Trinajstić information content (AvgIpc) is 2.82. The largest absolute Gasteiger partial charge is 0.481 e. The molecule has 3 atom stereocenters. The summed E-state index contributed by atoms with van der Waals surface area (Å²) in [7, 11) is -1.38. The van der Waals surface area contributed by atoms with Gasteiger partial charge in [0.15, 0.2) is 0 Å². The van der Waals surface area contributed by atoms with E-state index in [2.05, 4.69) is 0 Å². The summed E-state index contributed by atoms with van der Waals surface area (Å²) in [6.07, 6.45) is 2.35. The van der Waals surface area contributed by atoms with Crippen LogP contribution in [0.25, 0.3) is 0 Å². The molecule has 0 fully saturated rings. The van der Waals surface area contributed by atoms with E-state index in [0.717, 1.165) is 5.56 Å². The zero-order valence-electron chi connectivity index (χ0n) is 13.2. The molecule has 0 saturated heterocycles. The molecule has 5 N–H and O–H groups in total. The number of hydrogen-bond donors (Lipinski definition) is 4. The van der Waals surface area contributed by atoms with Crippen LogP contribution in [-0.2, 0) is 11.2 Å². The molecule has 7 heteroatoms. The first kappa shape index (κ1) is 17.9. The van der Waals surface area contributed by atoms with Crippen LogP contribution in [0.15, 0.2) is 12.1 Å². The molecule has 0 spiro atoms. The van der Waals surface area contributed by atoms with E-state index >= 15 is 0 Å². The molecule has 0 aromatic heterocycles. The molecule has 0 saturated carbocycles. The molecule has 0 radical (unpaired) electrons. The van der Waals surface area contributed by atoms with Gasteiger partial charge in [0.25, 0.3) is 0 Å². The Morgan fingerprint density at radius 3 is 2.74 bits per heavy atom. The fourth-order valence-electron chi connectivity index (χ4n) is 3.44. The first-order chi connectivity index (χ1) is 10.8. The molecule has 0 unspecified atom stereocenters. The smallest absolute Gasteiger partial charge is 0.451 e. The SMILES string of the molecule is CC[C@@H](N)c1cc2c(cc1F)C[C@H](CCCB(O)O)[C@@H]2C(=O)O. The number of aliphatic carboxylic acids is 1. The molecule has 0 heterocycles. The minimum absolute atomic E-state index is 0.159. The molecule has 1 aliphatic carbocycles. The van der Waals surface area contributed by atoms with Crippen LogP contribution in [0.5, 0.6) is 0 Å². The van der Waals surface area contributed by atoms with Crippen molar-refractivity contribution in [3.63, 3.8) is 0 Å². The highest BCUT2D eigenvalue weighted by Gasteiger charge is 2.38. The number of hydrogen-bond acceptors (Lipinski definition) is 4. The van der Waals surface area contributed by atoms with Crippen LogP contribution < -0.4 is 5.73 Å². The third kappa shape index (κ3) is 3.91. The van der Waals surface area contributed by atoms with Crippen LogP contribution in [0.2, 0.25) is 6.32 Å². The van der Waals surface area contributed by atoms with E-state index in [1.807, 2.05) is 6.92 Å². The van der Waals surface area contributed by atoms with E-state index in [1.54, 1.807) is 6.07 Å². The lowest BCUT2D eigenvalue weighted by Crippen LogP contribution is -2.19. The summed E-state index contributed by atoms with van der Waals surface area (Å²) in [6, 6.07) is 2.58. The fraction of sp³-hybridized carbons (Fsp3) is 0.562. The van der Waals surface area contributed by atoms with Crippen LogP contribution in [0.1, 0.15) is 54.8 Å². The second kappa shape index (κ2) is 7.42. The summed E-state index contributed by atoms with van der Waals surface area (Å²) in [4.78, 5) is 11.7. The number of halogens is 1. The number of benzene rings is 1. The van der Waals surface area contributed by atoms with Crippen molar-refractivity contribution in [1.29, 1.82) is 0 Å². The number of nitrogens with two attached hydrogens (primary N) is 1. The quantitative estimate of drug-likeness (QED) is 0.573. The molecule has 1 aromatic carbocycles. The van der Waals surface area contributed by atoms with Gasteiger partial charge in [-0.1, -0.05) is 19.4 Å². The highest BCUT2D eigenvalue weighted by molar-refractivity contribution is 6.40. The maximum Gasteiger partial charge on any atom is 0.451 e. The first-order valence-corrected chi connectivity index (χ1v) is 8.01. The van der Waals surface area contributed by atoms with E-state index in [0.29, 0.717) is 36.8 Å². The van der Waals surface area contributed by atoms with Crippen molar-refractivity contribution in [2.45, 2.75) is 50.9 Å². The highest BCUT2D eigenvalue weighted by Crippen LogP contribution is 2.42. The molecule has 23 heavy (non-hydrogen) atoms. The van der Waals surface area contributed by atoms with Crippen molar-refractivity contribution in [3.8, 4) is 0 Å². The molecule has 0 aliphatic heterocycles. The van der Waals surface area contributed by atoms with E-state index in [9.17, 15) is 14.3 Å². The summed E-state index contributed by atoms with van der Waals surface area (Å²) in [5.41, 5.74) is 7.65. The van der Waals surface area contributed by atoms with Crippen molar-refractivity contribution < 1.29 is 24.3 Å². The van der Waals surface area contributed by atoms with Crippen LogP contribution in [0.3, 0.4) is 0 Å². The van der Waals surface area contributed by atoms with Gasteiger partial charge < -0.3 is 20.9 Å². The summed E-state index contributed by atoms with van der Waals surface area (Å²) in [5, 5.41) is 27.4.